The van der Waals surface area contributed by atoms with E-state index in [4.69, 9.17) is 4.74 Å². The zero-order chi connectivity index (χ0) is 22.9. The molecule has 4 rings (SSSR count). The molecular weight excluding hydrogens is 443 g/mol. The molecule has 1 aromatic carbocycles. The number of aliphatic hydroxyl groups is 1. The molecule has 1 aliphatic rings. The Morgan fingerprint density at radius 2 is 2.06 bits per heavy atom. The van der Waals surface area contributed by atoms with Crippen LogP contribution in [-0.4, -0.2) is 45.4 Å². The standard InChI is InChI=1S/C21H22F3N5O2S/c1-12-7-13(16-11-27-18(32-16)20(2,30)21(22,23)24)9-14(8-12)28-19-26-6-4-17(29-19)31-15-3-5-25-10-15/h4,6-9,11,15,25,30H,3,5,10H2,1-2H3,(H,26,28,29)/t15-,20?/m1/s1. The lowest BCUT2D eigenvalue weighted by atomic mass is 10.1. The van der Waals surface area contributed by atoms with Gasteiger partial charge in [-0.3, -0.25) is 0 Å². The second kappa shape index (κ2) is 8.64. The number of nitrogens with one attached hydrogen (secondary N) is 2. The van der Waals surface area contributed by atoms with Crippen LogP contribution in [0.25, 0.3) is 10.4 Å². The van der Waals surface area contributed by atoms with Gasteiger partial charge in [0.05, 0.1) is 4.88 Å². The van der Waals surface area contributed by atoms with E-state index < -0.39 is 16.8 Å². The molecule has 0 spiro atoms. The molecule has 0 amide bonds. The number of aryl methyl sites for hydroxylation is 1. The summed E-state index contributed by atoms with van der Waals surface area (Å²) in [4.78, 5) is 12.9. The molecule has 1 unspecified atom stereocenters. The third kappa shape index (κ3) is 4.84. The Kier molecular flexibility index (Phi) is 6.06. The smallest absolute Gasteiger partial charge is 0.423 e. The zero-order valence-corrected chi connectivity index (χ0v) is 18.2. The first-order valence-electron chi connectivity index (χ1n) is 9.97. The van der Waals surface area contributed by atoms with Gasteiger partial charge in [0.2, 0.25) is 17.4 Å². The lowest BCUT2D eigenvalue weighted by molar-refractivity contribution is -0.258. The Morgan fingerprint density at radius 3 is 2.78 bits per heavy atom. The van der Waals surface area contributed by atoms with Crippen LogP contribution in [0, 0.1) is 6.92 Å². The van der Waals surface area contributed by atoms with Crippen LogP contribution in [-0.2, 0) is 5.60 Å². The first-order valence-corrected chi connectivity index (χ1v) is 10.8. The average Bonchev–Trinajstić information content (AvgIpc) is 3.39. The van der Waals surface area contributed by atoms with E-state index in [1.54, 1.807) is 18.3 Å². The maximum atomic E-state index is 13.1. The molecule has 11 heteroatoms. The molecule has 3 aromatic rings. The summed E-state index contributed by atoms with van der Waals surface area (Å²) in [5.41, 5.74) is -0.799. The fourth-order valence-corrected chi connectivity index (χ4v) is 4.22. The van der Waals surface area contributed by atoms with Crippen LogP contribution in [0.15, 0.2) is 36.7 Å². The Morgan fingerprint density at radius 1 is 1.25 bits per heavy atom. The fourth-order valence-electron chi connectivity index (χ4n) is 3.25. The minimum absolute atomic E-state index is 0.0674. The van der Waals surface area contributed by atoms with Crippen molar-refractivity contribution in [3.8, 4) is 16.3 Å². The third-order valence-corrected chi connectivity index (χ3v) is 6.28. The molecule has 2 atom stereocenters. The number of rotatable bonds is 6. The van der Waals surface area contributed by atoms with E-state index >= 15 is 0 Å². The molecule has 1 fully saturated rings. The second-order valence-corrected chi connectivity index (χ2v) is 8.79. The van der Waals surface area contributed by atoms with Crippen molar-refractivity contribution in [3.63, 3.8) is 0 Å². The highest BCUT2D eigenvalue weighted by Crippen LogP contribution is 2.42. The molecule has 0 radical (unpaired) electrons. The molecule has 170 valence electrons. The Bertz CT molecular complexity index is 1100. The summed E-state index contributed by atoms with van der Waals surface area (Å²) in [6, 6.07) is 7.16. The number of ether oxygens (including phenoxy) is 1. The van der Waals surface area contributed by atoms with Gasteiger partial charge in [-0.05, 0) is 50.1 Å². The van der Waals surface area contributed by atoms with Crippen LogP contribution in [0.5, 0.6) is 5.88 Å². The van der Waals surface area contributed by atoms with Gasteiger partial charge in [-0.15, -0.1) is 11.3 Å². The molecular formula is C21H22F3N5O2S. The van der Waals surface area contributed by atoms with Gasteiger partial charge in [0.1, 0.15) is 11.1 Å². The van der Waals surface area contributed by atoms with Crippen LogP contribution < -0.4 is 15.4 Å². The topological polar surface area (TPSA) is 92.2 Å². The average molecular weight is 466 g/mol. The molecule has 0 aliphatic carbocycles. The lowest BCUT2D eigenvalue weighted by Gasteiger charge is -2.23. The Labute approximate surface area is 186 Å². The van der Waals surface area contributed by atoms with Crippen molar-refractivity contribution in [1.82, 2.24) is 20.3 Å². The predicted molar refractivity (Wildman–Crippen MR) is 115 cm³/mol. The summed E-state index contributed by atoms with van der Waals surface area (Å²) in [5, 5.41) is 15.8. The van der Waals surface area contributed by atoms with Crippen LogP contribution in [0.1, 0.15) is 23.9 Å². The molecule has 2 aromatic heterocycles. The molecule has 0 saturated carbocycles. The van der Waals surface area contributed by atoms with E-state index in [0.717, 1.165) is 36.4 Å². The number of alkyl halides is 3. The van der Waals surface area contributed by atoms with Crippen molar-refractivity contribution in [2.24, 2.45) is 0 Å². The van der Waals surface area contributed by atoms with Crippen molar-refractivity contribution in [2.75, 3.05) is 18.4 Å². The van der Waals surface area contributed by atoms with Gasteiger partial charge in [0, 0.05) is 30.7 Å². The van der Waals surface area contributed by atoms with Crippen molar-refractivity contribution in [1.29, 1.82) is 0 Å². The van der Waals surface area contributed by atoms with E-state index in [9.17, 15) is 18.3 Å². The Balaban J connectivity index is 1.55. The van der Waals surface area contributed by atoms with Crippen LogP contribution in [0.4, 0.5) is 24.8 Å². The molecule has 1 saturated heterocycles. The minimum Gasteiger partial charge on any atom is -0.473 e. The molecule has 3 heterocycles. The highest BCUT2D eigenvalue weighted by molar-refractivity contribution is 7.15. The van der Waals surface area contributed by atoms with E-state index in [2.05, 4.69) is 25.6 Å². The van der Waals surface area contributed by atoms with Gasteiger partial charge < -0.3 is 20.5 Å². The van der Waals surface area contributed by atoms with Gasteiger partial charge in [0.15, 0.2) is 0 Å². The van der Waals surface area contributed by atoms with Gasteiger partial charge in [-0.1, -0.05) is 6.07 Å². The number of thiazole rings is 1. The number of aromatic nitrogens is 3. The summed E-state index contributed by atoms with van der Waals surface area (Å²) >= 11 is 0.798. The monoisotopic (exact) mass is 465 g/mol. The maximum Gasteiger partial charge on any atom is 0.423 e. The van der Waals surface area contributed by atoms with E-state index in [1.807, 2.05) is 19.1 Å². The molecule has 32 heavy (non-hydrogen) atoms. The fraction of sp³-hybridized carbons (Fsp3) is 0.381. The molecule has 7 nitrogen and oxygen atoms in total. The quantitative estimate of drug-likeness (QED) is 0.503. The Hall–Kier alpha value is -2.76. The van der Waals surface area contributed by atoms with Crippen molar-refractivity contribution in [2.45, 2.75) is 38.1 Å². The number of hydrogen-bond donors (Lipinski definition) is 3. The van der Waals surface area contributed by atoms with Gasteiger partial charge in [0.25, 0.3) is 0 Å². The van der Waals surface area contributed by atoms with E-state index in [-0.39, 0.29) is 6.10 Å². The van der Waals surface area contributed by atoms with Crippen molar-refractivity contribution in [3.05, 3.63) is 47.2 Å². The minimum atomic E-state index is -4.82. The predicted octanol–water partition coefficient (Wildman–Crippen LogP) is 4.16. The third-order valence-electron chi connectivity index (χ3n) is 5.02. The SMILES string of the molecule is Cc1cc(Nc2nccc(O[C@@H]3CCNC3)n2)cc(-c2cnc(C(C)(O)C(F)(F)F)s2)c1. The molecule has 1 aliphatic heterocycles. The molecule has 0 bridgehead atoms. The van der Waals surface area contributed by atoms with Crippen LogP contribution in [0.3, 0.4) is 0 Å². The zero-order valence-electron chi connectivity index (χ0n) is 17.4. The summed E-state index contributed by atoms with van der Waals surface area (Å²) in [7, 11) is 0. The first kappa shape index (κ1) is 22.4. The van der Waals surface area contributed by atoms with Crippen molar-refractivity contribution < 1.29 is 23.0 Å². The van der Waals surface area contributed by atoms with Gasteiger partial charge >= 0.3 is 6.18 Å². The van der Waals surface area contributed by atoms with Crippen LogP contribution >= 0.6 is 11.3 Å². The number of benzene rings is 1. The first-order chi connectivity index (χ1) is 15.1. The van der Waals surface area contributed by atoms with E-state index in [1.165, 1.54) is 6.20 Å². The number of nitrogens with zero attached hydrogens (tertiary/aromatic N) is 3. The second-order valence-electron chi connectivity index (χ2n) is 7.76. The van der Waals surface area contributed by atoms with Crippen LogP contribution in [0.2, 0.25) is 0 Å². The number of halogens is 3. The van der Waals surface area contributed by atoms with Gasteiger partial charge in [-0.25, -0.2) is 9.97 Å². The highest BCUT2D eigenvalue weighted by Gasteiger charge is 2.53. The van der Waals surface area contributed by atoms with E-state index in [0.29, 0.717) is 34.9 Å². The van der Waals surface area contributed by atoms with Gasteiger partial charge in [-0.2, -0.15) is 18.2 Å². The highest BCUT2D eigenvalue weighted by atomic mass is 32.1. The molecule has 3 N–H and O–H groups in total. The summed E-state index contributed by atoms with van der Waals surface area (Å²) in [5.74, 6) is 0.806. The summed E-state index contributed by atoms with van der Waals surface area (Å²) < 4.78 is 45.3. The summed E-state index contributed by atoms with van der Waals surface area (Å²) in [6.45, 7) is 4.25. The summed E-state index contributed by atoms with van der Waals surface area (Å²) in [6.07, 6.45) is -0.914. The van der Waals surface area contributed by atoms with Crippen molar-refractivity contribution >= 4 is 23.0 Å². The number of anilines is 2. The maximum absolute atomic E-state index is 13.1. The lowest BCUT2D eigenvalue weighted by Crippen LogP contribution is -2.39. The largest absolute Gasteiger partial charge is 0.473 e. The normalized spacial score (nSPS) is 18.4. The number of hydrogen-bond acceptors (Lipinski definition) is 8.